The van der Waals surface area contributed by atoms with Crippen molar-refractivity contribution >= 4 is 38.1 Å². The molecule has 2 heterocycles. The molecular weight excluding hydrogens is 326 g/mol. The van der Waals surface area contributed by atoms with Crippen LogP contribution in [-0.4, -0.2) is 20.4 Å². The van der Waals surface area contributed by atoms with Crippen LogP contribution in [0.5, 0.6) is 5.88 Å². The molecule has 0 fully saturated rings. The smallest absolute Gasteiger partial charge is 0.275 e. The lowest BCUT2D eigenvalue weighted by atomic mass is 10.2. The van der Waals surface area contributed by atoms with Gasteiger partial charge in [0.2, 0.25) is 10.8 Å². The molecule has 0 saturated carbocycles. The maximum absolute atomic E-state index is 12.8. The van der Waals surface area contributed by atoms with Crippen LogP contribution in [0.3, 0.4) is 0 Å². The number of aromatic hydroxyl groups is 1. The number of carbonyl (C=O) groups is 1. The number of rotatable bonds is 2. The van der Waals surface area contributed by atoms with Crippen LogP contribution < -0.4 is 10.9 Å². The maximum atomic E-state index is 12.8. The molecule has 2 aromatic carbocycles. The molecule has 0 atom stereocenters. The first-order valence-electron chi connectivity index (χ1n) is 7.15. The highest BCUT2D eigenvalue weighted by atomic mass is 32.1. The quantitative estimate of drug-likeness (QED) is 0.589. The lowest BCUT2D eigenvalue weighted by molar-refractivity contribution is 0.102. The van der Waals surface area contributed by atoms with Crippen LogP contribution in [0, 0.1) is 0 Å². The SMILES string of the molecule is O=C(Nc1ccccc1)c1c(O)nc2sc3ccccc3n2c1=O. The highest BCUT2D eigenvalue weighted by Gasteiger charge is 2.22. The van der Waals surface area contributed by atoms with Crippen LogP contribution in [0.2, 0.25) is 0 Å². The van der Waals surface area contributed by atoms with E-state index in [1.54, 1.807) is 36.4 Å². The molecule has 0 aliphatic carbocycles. The fourth-order valence-corrected chi connectivity index (χ4v) is 3.52. The fraction of sp³-hybridized carbons (Fsp3) is 0. The summed E-state index contributed by atoms with van der Waals surface area (Å²) in [6.45, 7) is 0. The minimum Gasteiger partial charge on any atom is -0.492 e. The number of nitrogens with zero attached hydrogens (tertiary/aromatic N) is 2. The zero-order valence-corrected chi connectivity index (χ0v) is 13.1. The van der Waals surface area contributed by atoms with E-state index in [2.05, 4.69) is 10.3 Å². The molecular formula is C17H11N3O3S. The average molecular weight is 337 g/mol. The zero-order valence-electron chi connectivity index (χ0n) is 12.3. The summed E-state index contributed by atoms with van der Waals surface area (Å²) in [5.74, 6) is -1.26. The van der Waals surface area contributed by atoms with Crippen molar-refractivity contribution in [3.63, 3.8) is 0 Å². The Balaban J connectivity index is 1.90. The Morgan fingerprint density at radius 1 is 1.08 bits per heavy atom. The Morgan fingerprint density at radius 3 is 2.58 bits per heavy atom. The largest absolute Gasteiger partial charge is 0.492 e. The summed E-state index contributed by atoms with van der Waals surface area (Å²) in [5.41, 5.74) is 0.216. The van der Waals surface area contributed by atoms with E-state index in [1.807, 2.05) is 18.2 Å². The number of hydrogen-bond donors (Lipinski definition) is 2. The summed E-state index contributed by atoms with van der Waals surface area (Å²) >= 11 is 1.27. The van der Waals surface area contributed by atoms with Crippen LogP contribution in [0.15, 0.2) is 59.4 Å². The Bertz CT molecular complexity index is 1130. The van der Waals surface area contributed by atoms with Gasteiger partial charge in [0, 0.05) is 5.69 Å². The monoisotopic (exact) mass is 337 g/mol. The summed E-state index contributed by atoms with van der Waals surface area (Å²) in [4.78, 5) is 29.6. The van der Waals surface area contributed by atoms with Crippen molar-refractivity contribution in [2.24, 2.45) is 0 Å². The molecule has 2 N–H and O–H groups in total. The molecule has 118 valence electrons. The molecule has 0 unspecified atom stereocenters. The molecule has 0 bridgehead atoms. The predicted octanol–water partition coefficient (Wildman–Crippen LogP) is 2.87. The van der Waals surface area contributed by atoms with E-state index in [1.165, 1.54) is 15.7 Å². The van der Waals surface area contributed by atoms with Crippen molar-refractivity contribution in [2.45, 2.75) is 0 Å². The highest BCUT2D eigenvalue weighted by Crippen LogP contribution is 2.25. The van der Waals surface area contributed by atoms with Crippen molar-refractivity contribution in [1.29, 1.82) is 0 Å². The van der Waals surface area contributed by atoms with Gasteiger partial charge in [0.05, 0.1) is 10.2 Å². The number of benzene rings is 2. The number of thiazole rings is 1. The third-order valence-corrected chi connectivity index (χ3v) is 4.62. The highest BCUT2D eigenvalue weighted by molar-refractivity contribution is 7.23. The first-order chi connectivity index (χ1) is 11.6. The second kappa shape index (κ2) is 5.47. The number of para-hydroxylation sites is 2. The number of aromatic nitrogens is 2. The van der Waals surface area contributed by atoms with Crippen LogP contribution in [-0.2, 0) is 0 Å². The molecule has 24 heavy (non-hydrogen) atoms. The molecule has 6 nitrogen and oxygen atoms in total. The number of fused-ring (bicyclic) bond motifs is 3. The summed E-state index contributed by atoms with van der Waals surface area (Å²) in [6, 6.07) is 16.0. The number of hydrogen-bond acceptors (Lipinski definition) is 5. The van der Waals surface area contributed by atoms with Gasteiger partial charge in [-0.2, -0.15) is 4.98 Å². The second-order valence-electron chi connectivity index (χ2n) is 5.12. The van der Waals surface area contributed by atoms with Gasteiger partial charge in [-0.15, -0.1) is 0 Å². The number of nitrogens with one attached hydrogen (secondary N) is 1. The summed E-state index contributed by atoms with van der Waals surface area (Å²) in [5, 5.41) is 12.7. The van der Waals surface area contributed by atoms with Gasteiger partial charge < -0.3 is 10.4 Å². The van der Waals surface area contributed by atoms with E-state index in [4.69, 9.17) is 0 Å². The van der Waals surface area contributed by atoms with Crippen molar-refractivity contribution < 1.29 is 9.90 Å². The van der Waals surface area contributed by atoms with Crippen LogP contribution in [0.1, 0.15) is 10.4 Å². The molecule has 0 spiro atoms. The van der Waals surface area contributed by atoms with E-state index in [-0.39, 0.29) is 5.56 Å². The standard InChI is InChI=1S/C17H11N3O3S/c21-14(18-10-6-2-1-3-7-10)13-15(22)19-17-20(16(13)23)11-8-4-5-9-12(11)24-17/h1-9,22H,(H,18,21). The van der Waals surface area contributed by atoms with Gasteiger partial charge in [-0.05, 0) is 24.3 Å². The van der Waals surface area contributed by atoms with Crippen LogP contribution >= 0.6 is 11.3 Å². The topological polar surface area (TPSA) is 83.7 Å². The molecule has 1 amide bonds. The Hall–Kier alpha value is -3.19. The Labute approximate surface area is 139 Å². The first kappa shape index (κ1) is 14.4. The normalized spacial score (nSPS) is 11.0. The predicted molar refractivity (Wildman–Crippen MR) is 92.9 cm³/mol. The summed E-state index contributed by atoms with van der Waals surface area (Å²) < 4.78 is 2.20. The van der Waals surface area contributed by atoms with E-state index < -0.39 is 17.3 Å². The fourth-order valence-electron chi connectivity index (χ4n) is 2.51. The molecule has 0 saturated heterocycles. The van der Waals surface area contributed by atoms with E-state index in [9.17, 15) is 14.7 Å². The molecule has 7 heteroatoms. The van der Waals surface area contributed by atoms with Gasteiger partial charge in [-0.3, -0.25) is 14.0 Å². The summed E-state index contributed by atoms with van der Waals surface area (Å²) in [6.07, 6.45) is 0. The average Bonchev–Trinajstić information content (AvgIpc) is 2.93. The molecule has 0 radical (unpaired) electrons. The maximum Gasteiger partial charge on any atom is 0.275 e. The van der Waals surface area contributed by atoms with Gasteiger partial charge in [0.1, 0.15) is 0 Å². The van der Waals surface area contributed by atoms with E-state index >= 15 is 0 Å². The summed E-state index contributed by atoms with van der Waals surface area (Å²) in [7, 11) is 0. The lowest BCUT2D eigenvalue weighted by Gasteiger charge is -2.06. The lowest BCUT2D eigenvalue weighted by Crippen LogP contribution is -2.26. The molecule has 0 aliphatic heterocycles. The third kappa shape index (κ3) is 2.22. The molecule has 4 rings (SSSR count). The third-order valence-electron chi connectivity index (χ3n) is 3.60. The molecule has 2 aromatic heterocycles. The van der Waals surface area contributed by atoms with Gasteiger partial charge in [0.15, 0.2) is 5.56 Å². The first-order valence-corrected chi connectivity index (χ1v) is 7.96. The number of carbonyl (C=O) groups excluding carboxylic acids is 1. The minimum absolute atomic E-state index is 0.343. The van der Waals surface area contributed by atoms with Crippen molar-refractivity contribution in [2.75, 3.05) is 5.32 Å². The number of amides is 1. The van der Waals surface area contributed by atoms with Crippen molar-refractivity contribution in [3.05, 3.63) is 70.5 Å². The molecule has 0 aliphatic rings. The van der Waals surface area contributed by atoms with Gasteiger partial charge in [0.25, 0.3) is 11.5 Å². The van der Waals surface area contributed by atoms with Crippen LogP contribution in [0.4, 0.5) is 5.69 Å². The van der Waals surface area contributed by atoms with Gasteiger partial charge in [-0.25, -0.2) is 0 Å². The number of anilines is 1. The van der Waals surface area contributed by atoms with Gasteiger partial charge in [-0.1, -0.05) is 41.7 Å². The molecule has 4 aromatic rings. The van der Waals surface area contributed by atoms with Crippen LogP contribution in [0.25, 0.3) is 15.2 Å². The van der Waals surface area contributed by atoms with E-state index in [0.717, 1.165) is 4.70 Å². The minimum atomic E-state index is -0.694. The van der Waals surface area contributed by atoms with Crippen molar-refractivity contribution in [1.82, 2.24) is 9.38 Å². The van der Waals surface area contributed by atoms with Crippen molar-refractivity contribution in [3.8, 4) is 5.88 Å². The zero-order chi connectivity index (χ0) is 16.7. The Morgan fingerprint density at radius 2 is 1.79 bits per heavy atom. The van der Waals surface area contributed by atoms with Gasteiger partial charge >= 0.3 is 0 Å². The second-order valence-corrected chi connectivity index (χ2v) is 6.13. The van der Waals surface area contributed by atoms with E-state index in [0.29, 0.717) is 16.2 Å². The Kier molecular flexibility index (Phi) is 3.28.